The SMILES string of the molecule is O=C(O)CCc1cn(Cc2ccc(OCc3noc(-c4ccccc4)n3)cc2)nc1-c1ccccc1. The van der Waals surface area contributed by atoms with Gasteiger partial charge in [0.05, 0.1) is 12.2 Å². The second kappa shape index (κ2) is 10.7. The number of carboxylic acid groups (broad SMARTS) is 1. The molecule has 1 N–H and O–H groups in total. The molecule has 8 nitrogen and oxygen atoms in total. The Hall–Kier alpha value is -4.72. The van der Waals surface area contributed by atoms with Gasteiger partial charge in [0.1, 0.15) is 5.75 Å². The third-order valence-corrected chi connectivity index (χ3v) is 5.62. The van der Waals surface area contributed by atoms with Crippen LogP contribution in [0.3, 0.4) is 0 Å². The molecule has 0 saturated heterocycles. The summed E-state index contributed by atoms with van der Waals surface area (Å²) in [7, 11) is 0. The number of aromatic nitrogens is 4. The van der Waals surface area contributed by atoms with Gasteiger partial charge in [-0.05, 0) is 41.8 Å². The molecule has 8 heteroatoms. The van der Waals surface area contributed by atoms with E-state index in [9.17, 15) is 4.79 Å². The van der Waals surface area contributed by atoms with Crippen molar-refractivity contribution in [2.45, 2.75) is 26.0 Å². The number of carboxylic acids is 1. The minimum absolute atomic E-state index is 0.0603. The Morgan fingerprint density at radius 3 is 2.31 bits per heavy atom. The van der Waals surface area contributed by atoms with Crippen LogP contribution in [0.25, 0.3) is 22.7 Å². The number of ether oxygens (including phenoxy) is 1. The van der Waals surface area contributed by atoms with E-state index >= 15 is 0 Å². The van der Waals surface area contributed by atoms with Crippen molar-refractivity contribution in [3.8, 4) is 28.5 Å². The maximum atomic E-state index is 11.1. The zero-order chi connectivity index (χ0) is 24.7. The summed E-state index contributed by atoms with van der Waals surface area (Å²) in [6.45, 7) is 0.751. The number of aliphatic carboxylic acids is 1. The molecular formula is C28H24N4O4. The van der Waals surface area contributed by atoms with Gasteiger partial charge in [-0.1, -0.05) is 65.8 Å². The van der Waals surface area contributed by atoms with E-state index in [1.165, 1.54) is 0 Å². The summed E-state index contributed by atoms with van der Waals surface area (Å²) in [5.74, 6) is 0.796. The van der Waals surface area contributed by atoms with Crippen molar-refractivity contribution in [2.75, 3.05) is 0 Å². The molecule has 0 bridgehead atoms. The molecule has 0 amide bonds. The summed E-state index contributed by atoms with van der Waals surface area (Å²) in [5.41, 5.74) is 4.60. The monoisotopic (exact) mass is 480 g/mol. The maximum Gasteiger partial charge on any atom is 0.303 e. The van der Waals surface area contributed by atoms with E-state index in [-0.39, 0.29) is 13.0 Å². The van der Waals surface area contributed by atoms with E-state index in [0.29, 0.717) is 30.4 Å². The molecule has 0 radical (unpaired) electrons. The number of hydrogen-bond acceptors (Lipinski definition) is 6. The Bertz CT molecular complexity index is 1430. The van der Waals surface area contributed by atoms with Crippen LogP contribution in [-0.2, 0) is 24.4 Å². The fourth-order valence-corrected chi connectivity index (χ4v) is 3.84. The van der Waals surface area contributed by atoms with Gasteiger partial charge in [-0.15, -0.1) is 0 Å². The van der Waals surface area contributed by atoms with Gasteiger partial charge in [-0.3, -0.25) is 9.48 Å². The highest BCUT2D eigenvalue weighted by molar-refractivity contribution is 5.68. The Kier molecular flexibility index (Phi) is 6.84. The molecule has 0 unspecified atom stereocenters. The van der Waals surface area contributed by atoms with Crippen molar-refractivity contribution < 1.29 is 19.2 Å². The van der Waals surface area contributed by atoms with Crippen molar-refractivity contribution in [1.82, 2.24) is 19.9 Å². The maximum absolute atomic E-state index is 11.1. The lowest BCUT2D eigenvalue weighted by Crippen LogP contribution is -2.01. The molecule has 0 atom stereocenters. The molecule has 0 aliphatic rings. The lowest BCUT2D eigenvalue weighted by Gasteiger charge is -2.06. The number of hydrogen-bond donors (Lipinski definition) is 1. The second-order valence-electron chi connectivity index (χ2n) is 8.27. The molecule has 0 saturated carbocycles. The first-order valence-corrected chi connectivity index (χ1v) is 11.6. The molecule has 36 heavy (non-hydrogen) atoms. The Morgan fingerprint density at radius 1 is 0.917 bits per heavy atom. The average Bonchev–Trinajstić information content (AvgIpc) is 3.55. The first-order valence-electron chi connectivity index (χ1n) is 11.6. The Balaban J connectivity index is 1.23. The van der Waals surface area contributed by atoms with Crippen LogP contribution in [0.2, 0.25) is 0 Å². The van der Waals surface area contributed by atoms with Crippen molar-refractivity contribution in [2.24, 2.45) is 0 Å². The van der Waals surface area contributed by atoms with Crippen molar-refractivity contribution >= 4 is 5.97 Å². The van der Waals surface area contributed by atoms with Crippen molar-refractivity contribution in [3.63, 3.8) is 0 Å². The van der Waals surface area contributed by atoms with E-state index < -0.39 is 5.97 Å². The van der Waals surface area contributed by atoms with E-state index in [2.05, 4.69) is 10.1 Å². The summed E-state index contributed by atoms with van der Waals surface area (Å²) in [6, 6.07) is 27.1. The summed E-state index contributed by atoms with van der Waals surface area (Å²) in [5, 5.41) is 17.9. The van der Waals surface area contributed by atoms with Crippen LogP contribution in [-0.4, -0.2) is 31.0 Å². The zero-order valence-electron chi connectivity index (χ0n) is 19.4. The molecule has 5 rings (SSSR count). The predicted molar refractivity (Wildman–Crippen MR) is 133 cm³/mol. The standard InChI is InChI=1S/C28H24N4O4/c33-26(34)16-13-23-18-32(30-27(23)21-7-3-1-4-8-21)17-20-11-14-24(15-12-20)35-19-25-29-28(36-31-25)22-9-5-2-6-10-22/h1-12,14-15,18H,13,16-17,19H2,(H,33,34). The topological polar surface area (TPSA) is 103 Å². The van der Waals surface area contributed by atoms with Gasteiger partial charge in [-0.2, -0.15) is 10.1 Å². The minimum atomic E-state index is -0.825. The fourth-order valence-electron chi connectivity index (χ4n) is 3.84. The van der Waals surface area contributed by atoms with Gasteiger partial charge in [0.25, 0.3) is 5.89 Å². The van der Waals surface area contributed by atoms with Crippen molar-refractivity contribution in [1.29, 1.82) is 0 Å². The lowest BCUT2D eigenvalue weighted by atomic mass is 10.0. The van der Waals surface area contributed by atoms with E-state index in [1.807, 2.05) is 95.8 Å². The van der Waals surface area contributed by atoms with Crippen LogP contribution in [0.15, 0.2) is 95.6 Å². The smallest absolute Gasteiger partial charge is 0.303 e. The molecule has 0 spiro atoms. The number of carbonyl (C=O) groups is 1. The van der Waals surface area contributed by atoms with Crippen molar-refractivity contribution in [3.05, 3.63) is 108 Å². The molecule has 3 aromatic carbocycles. The van der Waals surface area contributed by atoms with E-state index in [1.54, 1.807) is 0 Å². The van der Waals surface area contributed by atoms with E-state index in [4.69, 9.17) is 19.5 Å². The quantitative estimate of drug-likeness (QED) is 0.291. The van der Waals surface area contributed by atoms with Crippen LogP contribution in [0.4, 0.5) is 0 Å². The van der Waals surface area contributed by atoms with Crippen LogP contribution in [0, 0.1) is 0 Å². The number of nitrogens with zero attached hydrogens (tertiary/aromatic N) is 4. The number of aryl methyl sites for hydroxylation is 1. The highest BCUT2D eigenvalue weighted by atomic mass is 16.5. The molecule has 0 fully saturated rings. The first kappa shape index (κ1) is 23.0. The highest BCUT2D eigenvalue weighted by Gasteiger charge is 2.13. The van der Waals surface area contributed by atoms with Gasteiger partial charge in [0, 0.05) is 23.7 Å². The summed E-state index contributed by atoms with van der Waals surface area (Å²) in [6.07, 6.45) is 2.41. The fraction of sp³-hybridized carbons (Fsp3) is 0.143. The average molecular weight is 481 g/mol. The van der Waals surface area contributed by atoms with Crippen LogP contribution in [0.5, 0.6) is 5.75 Å². The van der Waals surface area contributed by atoms with Gasteiger partial charge >= 0.3 is 5.97 Å². The number of benzene rings is 3. The van der Waals surface area contributed by atoms with Gasteiger partial charge in [0.2, 0.25) is 5.82 Å². The first-order chi connectivity index (χ1) is 17.6. The van der Waals surface area contributed by atoms with Gasteiger partial charge in [-0.25, -0.2) is 0 Å². The molecule has 180 valence electrons. The predicted octanol–water partition coefficient (Wildman–Crippen LogP) is 5.24. The van der Waals surface area contributed by atoms with Gasteiger partial charge < -0.3 is 14.4 Å². The molecule has 5 aromatic rings. The summed E-state index contributed by atoms with van der Waals surface area (Å²) in [4.78, 5) is 15.5. The largest absolute Gasteiger partial charge is 0.485 e. The third kappa shape index (κ3) is 5.67. The molecular weight excluding hydrogens is 456 g/mol. The van der Waals surface area contributed by atoms with Crippen LogP contribution >= 0.6 is 0 Å². The molecule has 0 aliphatic heterocycles. The highest BCUT2D eigenvalue weighted by Crippen LogP contribution is 2.24. The molecule has 2 aromatic heterocycles. The molecule has 0 aliphatic carbocycles. The summed E-state index contributed by atoms with van der Waals surface area (Å²) < 4.78 is 13.0. The second-order valence-corrected chi connectivity index (χ2v) is 8.27. The normalized spacial score (nSPS) is 10.9. The van der Waals surface area contributed by atoms with Crippen LogP contribution < -0.4 is 4.74 Å². The third-order valence-electron chi connectivity index (χ3n) is 5.62. The Labute approximate surface area is 207 Å². The zero-order valence-corrected chi connectivity index (χ0v) is 19.4. The summed E-state index contributed by atoms with van der Waals surface area (Å²) >= 11 is 0. The van der Waals surface area contributed by atoms with E-state index in [0.717, 1.165) is 27.9 Å². The Morgan fingerprint density at radius 2 is 1.61 bits per heavy atom. The number of rotatable bonds is 10. The molecule has 2 heterocycles. The van der Waals surface area contributed by atoms with Crippen LogP contribution in [0.1, 0.15) is 23.4 Å². The van der Waals surface area contributed by atoms with Gasteiger partial charge in [0.15, 0.2) is 6.61 Å². The lowest BCUT2D eigenvalue weighted by molar-refractivity contribution is -0.136. The minimum Gasteiger partial charge on any atom is -0.485 e.